The number of anilines is 1. The van der Waals surface area contributed by atoms with Crippen molar-refractivity contribution in [3.63, 3.8) is 0 Å². The van der Waals surface area contributed by atoms with Crippen molar-refractivity contribution in [1.82, 2.24) is 4.90 Å². The van der Waals surface area contributed by atoms with Gasteiger partial charge in [-0.2, -0.15) is 5.26 Å². The Hall–Kier alpha value is -1.22. The van der Waals surface area contributed by atoms with Crippen LogP contribution in [-0.2, 0) is 4.74 Å². The Labute approximate surface area is 130 Å². The molecule has 0 saturated carbocycles. The van der Waals surface area contributed by atoms with E-state index in [0.29, 0.717) is 6.04 Å². The average Bonchev–Trinajstić information content (AvgIpc) is 3.04. The lowest BCUT2D eigenvalue weighted by molar-refractivity contribution is 0.0209. The van der Waals surface area contributed by atoms with E-state index in [1.54, 1.807) is 11.8 Å². The number of morpholine rings is 1. The Morgan fingerprint density at radius 3 is 2.81 bits per heavy atom. The van der Waals surface area contributed by atoms with Crippen LogP contribution in [0.2, 0.25) is 0 Å². The zero-order valence-corrected chi connectivity index (χ0v) is 13.2. The molecule has 0 radical (unpaired) electrons. The minimum Gasteiger partial charge on any atom is -0.379 e. The molecule has 2 saturated heterocycles. The van der Waals surface area contributed by atoms with E-state index in [1.807, 2.05) is 12.3 Å². The lowest BCUT2D eigenvalue weighted by Crippen LogP contribution is -2.44. The van der Waals surface area contributed by atoms with E-state index in [1.165, 1.54) is 6.42 Å². The first-order valence-corrected chi connectivity index (χ1v) is 8.70. The number of rotatable bonds is 3. The number of ether oxygens (including phenoxy) is 1. The maximum absolute atomic E-state index is 9.49. The molecule has 112 valence electrons. The molecule has 2 aliphatic rings. The third kappa shape index (κ3) is 3.03. The van der Waals surface area contributed by atoms with E-state index in [2.05, 4.69) is 28.0 Å². The summed E-state index contributed by atoms with van der Waals surface area (Å²) < 4.78 is 5.44. The number of benzene rings is 1. The smallest absolute Gasteiger partial charge is 0.103 e. The van der Waals surface area contributed by atoms with Crippen molar-refractivity contribution < 1.29 is 4.74 Å². The molecule has 1 aromatic rings. The Kier molecular flexibility index (Phi) is 4.69. The zero-order valence-electron chi connectivity index (χ0n) is 12.4. The highest BCUT2D eigenvalue weighted by molar-refractivity contribution is 7.98. The first kappa shape index (κ1) is 14.7. The Balaban J connectivity index is 1.75. The topological polar surface area (TPSA) is 39.5 Å². The van der Waals surface area contributed by atoms with Crippen LogP contribution >= 0.6 is 11.8 Å². The fourth-order valence-corrected chi connectivity index (χ4v) is 3.84. The summed E-state index contributed by atoms with van der Waals surface area (Å²) in [5.74, 6) is 0. The predicted molar refractivity (Wildman–Crippen MR) is 85.9 cm³/mol. The maximum atomic E-state index is 9.49. The van der Waals surface area contributed by atoms with Crippen LogP contribution in [0.1, 0.15) is 12.0 Å². The van der Waals surface area contributed by atoms with Crippen molar-refractivity contribution in [3.8, 4) is 6.07 Å². The van der Waals surface area contributed by atoms with Gasteiger partial charge in [-0.05, 0) is 24.8 Å². The van der Waals surface area contributed by atoms with Gasteiger partial charge in [-0.1, -0.05) is 6.07 Å². The molecule has 0 aliphatic carbocycles. The van der Waals surface area contributed by atoms with E-state index in [-0.39, 0.29) is 0 Å². The molecule has 5 heteroatoms. The number of nitrogens with zero attached hydrogens (tertiary/aromatic N) is 3. The Bertz CT molecular complexity index is 537. The molecule has 2 fully saturated rings. The molecule has 0 amide bonds. The van der Waals surface area contributed by atoms with E-state index < -0.39 is 0 Å². The van der Waals surface area contributed by atoms with Gasteiger partial charge >= 0.3 is 0 Å². The molecule has 0 N–H and O–H groups in total. The highest BCUT2D eigenvalue weighted by Gasteiger charge is 2.30. The molecule has 3 rings (SSSR count). The molecule has 2 heterocycles. The molecule has 1 aromatic carbocycles. The van der Waals surface area contributed by atoms with E-state index in [4.69, 9.17) is 4.74 Å². The third-order valence-corrected chi connectivity index (χ3v) is 5.18. The quantitative estimate of drug-likeness (QED) is 0.801. The summed E-state index contributed by atoms with van der Waals surface area (Å²) in [4.78, 5) is 5.98. The lowest BCUT2D eigenvalue weighted by atomic mass is 10.1. The normalized spacial score (nSPS) is 23.2. The first-order valence-electron chi connectivity index (χ1n) is 7.47. The number of nitriles is 1. The number of hydrogen-bond donors (Lipinski definition) is 0. The van der Waals surface area contributed by atoms with Crippen LogP contribution in [-0.4, -0.2) is 56.6 Å². The SMILES string of the molecule is CSc1cccc(N2CCC(N3CCOCC3)C2)c1C#N. The molecule has 0 spiro atoms. The van der Waals surface area contributed by atoms with Crippen LogP contribution < -0.4 is 4.90 Å². The molecule has 0 bridgehead atoms. The summed E-state index contributed by atoms with van der Waals surface area (Å²) in [6, 6.07) is 9.16. The van der Waals surface area contributed by atoms with Crippen molar-refractivity contribution >= 4 is 17.4 Å². The lowest BCUT2D eigenvalue weighted by Gasteiger charge is -2.32. The van der Waals surface area contributed by atoms with Gasteiger partial charge in [0.25, 0.3) is 0 Å². The summed E-state index contributed by atoms with van der Waals surface area (Å²) in [5.41, 5.74) is 1.92. The highest BCUT2D eigenvalue weighted by atomic mass is 32.2. The Morgan fingerprint density at radius 1 is 1.29 bits per heavy atom. The van der Waals surface area contributed by atoms with Crippen LogP contribution in [0.4, 0.5) is 5.69 Å². The van der Waals surface area contributed by atoms with Gasteiger partial charge in [0.05, 0.1) is 24.5 Å². The molecule has 0 aromatic heterocycles. The number of hydrogen-bond acceptors (Lipinski definition) is 5. The minimum absolute atomic E-state index is 0.596. The maximum Gasteiger partial charge on any atom is 0.103 e. The molecule has 2 aliphatic heterocycles. The second-order valence-electron chi connectivity index (χ2n) is 5.50. The standard InChI is InChI=1S/C16H21N3OS/c1-21-16-4-2-3-15(14(16)11-17)19-6-5-13(12-19)18-7-9-20-10-8-18/h2-4,13H,5-10,12H2,1H3. The molecular formula is C16H21N3OS. The fraction of sp³-hybridized carbons (Fsp3) is 0.562. The van der Waals surface area contributed by atoms with Gasteiger partial charge in [0.15, 0.2) is 0 Å². The monoisotopic (exact) mass is 303 g/mol. The van der Waals surface area contributed by atoms with Gasteiger partial charge in [0.2, 0.25) is 0 Å². The van der Waals surface area contributed by atoms with Crippen molar-refractivity contribution in [1.29, 1.82) is 5.26 Å². The van der Waals surface area contributed by atoms with Crippen molar-refractivity contribution in [2.75, 3.05) is 50.5 Å². The average molecular weight is 303 g/mol. The van der Waals surface area contributed by atoms with Crippen molar-refractivity contribution in [3.05, 3.63) is 23.8 Å². The van der Waals surface area contributed by atoms with E-state index >= 15 is 0 Å². The van der Waals surface area contributed by atoms with Crippen molar-refractivity contribution in [2.24, 2.45) is 0 Å². The largest absolute Gasteiger partial charge is 0.379 e. The highest BCUT2D eigenvalue weighted by Crippen LogP contribution is 2.31. The minimum atomic E-state index is 0.596. The summed E-state index contributed by atoms with van der Waals surface area (Å²) in [5, 5.41) is 9.49. The fourth-order valence-electron chi connectivity index (χ4n) is 3.27. The molecule has 21 heavy (non-hydrogen) atoms. The van der Waals surface area contributed by atoms with E-state index in [0.717, 1.165) is 55.5 Å². The first-order chi connectivity index (χ1) is 10.3. The zero-order chi connectivity index (χ0) is 14.7. The Morgan fingerprint density at radius 2 is 2.10 bits per heavy atom. The van der Waals surface area contributed by atoms with Gasteiger partial charge in [0, 0.05) is 37.1 Å². The van der Waals surface area contributed by atoms with E-state index in [9.17, 15) is 5.26 Å². The predicted octanol–water partition coefficient (Wildman–Crippen LogP) is 2.19. The summed E-state index contributed by atoms with van der Waals surface area (Å²) in [7, 11) is 0. The second kappa shape index (κ2) is 6.69. The van der Waals surface area contributed by atoms with Crippen LogP contribution in [0.3, 0.4) is 0 Å². The molecule has 1 atom stereocenters. The molecular weight excluding hydrogens is 282 g/mol. The number of thioether (sulfide) groups is 1. The van der Waals surface area contributed by atoms with Crippen LogP contribution in [0.15, 0.2) is 23.1 Å². The summed E-state index contributed by atoms with van der Waals surface area (Å²) in [6.45, 7) is 5.83. The van der Waals surface area contributed by atoms with Gasteiger partial charge in [-0.15, -0.1) is 11.8 Å². The van der Waals surface area contributed by atoms with Crippen LogP contribution in [0.25, 0.3) is 0 Å². The van der Waals surface area contributed by atoms with Crippen LogP contribution in [0, 0.1) is 11.3 Å². The second-order valence-corrected chi connectivity index (χ2v) is 6.35. The van der Waals surface area contributed by atoms with Gasteiger partial charge < -0.3 is 9.64 Å². The van der Waals surface area contributed by atoms with Crippen molar-refractivity contribution in [2.45, 2.75) is 17.4 Å². The van der Waals surface area contributed by atoms with Crippen LogP contribution in [0.5, 0.6) is 0 Å². The molecule has 1 unspecified atom stereocenters. The summed E-state index contributed by atoms with van der Waals surface area (Å²) in [6.07, 6.45) is 3.20. The van der Waals surface area contributed by atoms with Gasteiger partial charge in [-0.25, -0.2) is 0 Å². The third-order valence-electron chi connectivity index (χ3n) is 4.40. The summed E-state index contributed by atoms with van der Waals surface area (Å²) >= 11 is 1.65. The molecule has 4 nitrogen and oxygen atoms in total. The van der Waals surface area contributed by atoms with Gasteiger partial charge in [0.1, 0.15) is 6.07 Å². The van der Waals surface area contributed by atoms with Gasteiger partial charge in [-0.3, -0.25) is 4.90 Å².